The van der Waals surface area contributed by atoms with E-state index in [1.165, 1.54) is 12.0 Å². The Labute approximate surface area is 206 Å². The number of hydrogen-bond acceptors (Lipinski definition) is 8. The second kappa shape index (κ2) is 8.36. The van der Waals surface area contributed by atoms with E-state index in [2.05, 4.69) is 27.8 Å². The number of amides is 1. The molecular formula is C26H33N7O2. The van der Waals surface area contributed by atoms with Crippen molar-refractivity contribution in [1.82, 2.24) is 19.9 Å². The molecule has 0 bridgehead atoms. The number of aromatic nitrogens is 3. The van der Waals surface area contributed by atoms with E-state index in [-0.39, 0.29) is 23.5 Å². The molecule has 5 rings (SSSR count). The molecule has 9 heteroatoms. The zero-order valence-electron chi connectivity index (χ0n) is 21.2. The Hall–Kier alpha value is -3.41. The van der Waals surface area contributed by atoms with Gasteiger partial charge in [-0.25, -0.2) is 19.7 Å². The molecule has 4 heterocycles. The molecular weight excluding hydrogens is 442 g/mol. The maximum absolute atomic E-state index is 12.8. The summed E-state index contributed by atoms with van der Waals surface area (Å²) in [6.45, 7) is 10.1. The lowest BCUT2D eigenvalue weighted by atomic mass is 9.66. The molecule has 0 radical (unpaired) electrons. The fourth-order valence-electron chi connectivity index (χ4n) is 5.68. The maximum atomic E-state index is 12.8. The van der Waals surface area contributed by atoms with Gasteiger partial charge in [0.05, 0.1) is 17.7 Å². The third-order valence-corrected chi connectivity index (χ3v) is 7.57. The highest BCUT2D eigenvalue weighted by molar-refractivity contribution is 5.75. The van der Waals surface area contributed by atoms with Gasteiger partial charge in [-0.2, -0.15) is 5.26 Å². The summed E-state index contributed by atoms with van der Waals surface area (Å²) in [5.74, 6) is 2.85. The van der Waals surface area contributed by atoms with Crippen LogP contribution in [0.25, 0.3) is 0 Å². The molecule has 2 atom stereocenters. The second-order valence-electron chi connectivity index (χ2n) is 11.2. The van der Waals surface area contributed by atoms with E-state index in [4.69, 9.17) is 14.7 Å². The topological polar surface area (TPSA) is 98.5 Å². The maximum Gasteiger partial charge on any atom is 0.410 e. The van der Waals surface area contributed by atoms with Crippen LogP contribution in [-0.2, 0) is 10.2 Å². The minimum atomic E-state index is -0.530. The minimum absolute atomic E-state index is 0.00531. The smallest absolute Gasteiger partial charge is 0.410 e. The minimum Gasteiger partial charge on any atom is -0.444 e. The highest BCUT2D eigenvalue weighted by atomic mass is 16.6. The Bertz CT molecular complexity index is 1180. The molecule has 0 aromatic carbocycles. The third kappa shape index (κ3) is 4.05. The van der Waals surface area contributed by atoms with Gasteiger partial charge in [-0.05, 0) is 51.7 Å². The summed E-state index contributed by atoms with van der Waals surface area (Å²) < 4.78 is 5.62. The largest absolute Gasteiger partial charge is 0.444 e. The van der Waals surface area contributed by atoms with Crippen molar-refractivity contribution in [2.45, 2.75) is 64.0 Å². The van der Waals surface area contributed by atoms with E-state index < -0.39 is 5.60 Å². The number of rotatable bonds is 3. The van der Waals surface area contributed by atoms with Gasteiger partial charge < -0.3 is 19.4 Å². The van der Waals surface area contributed by atoms with Crippen LogP contribution in [0.2, 0.25) is 0 Å². The quantitative estimate of drug-likeness (QED) is 0.657. The van der Waals surface area contributed by atoms with E-state index in [0.717, 1.165) is 43.4 Å². The molecule has 1 saturated carbocycles. The fourth-order valence-corrected chi connectivity index (χ4v) is 5.68. The van der Waals surface area contributed by atoms with E-state index in [1.807, 2.05) is 33.9 Å². The van der Waals surface area contributed by atoms with Gasteiger partial charge in [-0.1, -0.05) is 13.3 Å². The van der Waals surface area contributed by atoms with Crippen LogP contribution in [-0.4, -0.2) is 64.3 Å². The summed E-state index contributed by atoms with van der Waals surface area (Å²) in [6.07, 6.45) is 6.35. The Balaban J connectivity index is 1.46. The van der Waals surface area contributed by atoms with Crippen LogP contribution in [0.1, 0.15) is 58.1 Å². The van der Waals surface area contributed by atoms with Crippen molar-refractivity contribution in [3.05, 3.63) is 35.8 Å². The number of pyridine rings is 1. The van der Waals surface area contributed by atoms with Crippen molar-refractivity contribution in [3.63, 3.8) is 0 Å². The van der Waals surface area contributed by atoms with Crippen molar-refractivity contribution in [2.75, 3.05) is 36.5 Å². The Morgan fingerprint density at radius 2 is 1.97 bits per heavy atom. The summed E-state index contributed by atoms with van der Waals surface area (Å²) in [5.41, 5.74) is 1.23. The number of nitrogens with zero attached hydrogens (tertiary/aromatic N) is 7. The van der Waals surface area contributed by atoms with E-state index in [0.29, 0.717) is 12.1 Å². The molecule has 9 nitrogen and oxygen atoms in total. The van der Waals surface area contributed by atoms with Gasteiger partial charge in [-0.15, -0.1) is 0 Å². The number of likely N-dealkylation sites (N-methyl/N-ethyl adjacent to an activating group) is 1. The van der Waals surface area contributed by atoms with Crippen molar-refractivity contribution in [3.8, 4) is 6.07 Å². The van der Waals surface area contributed by atoms with Crippen LogP contribution in [0.15, 0.2) is 24.7 Å². The summed E-state index contributed by atoms with van der Waals surface area (Å²) in [7, 11) is 1.83. The first-order chi connectivity index (χ1) is 16.6. The molecule has 35 heavy (non-hydrogen) atoms. The Morgan fingerprint density at radius 3 is 2.63 bits per heavy atom. The van der Waals surface area contributed by atoms with Crippen molar-refractivity contribution >= 4 is 23.5 Å². The number of ether oxygens (including phenoxy) is 1. The first kappa shape index (κ1) is 23.3. The zero-order valence-corrected chi connectivity index (χ0v) is 21.2. The molecule has 1 amide bonds. The number of carbonyl (C=O) groups excluding carboxylic acids is 1. The molecule has 184 valence electrons. The highest BCUT2D eigenvalue weighted by Gasteiger charge is 2.52. The van der Waals surface area contributed by atoms with Gasteiger partial charge >= 0.3 is 6.09 Å². The van der Waals surface area contributed by atoms with Crippen LogP contribution in [0.3, 0.4) is 0 Å². The van der Waals surface area contributed by atoms with Gasteiger partial charge in [-0.3, -0.25) is 0 Å². The van der Waals surface area contributed by atoms with Crippen LogP contribution < -0.4 is 9.80 Å². The Morgan fingerprint density at radius 1 is 1.23 bits per heavy atom. The lowest BCUT2D eigenvalue weighted by Gasteiger charge is -2.40. The number of fused-ring (bicyclic) bond motifs is 2. The average molecular weight is 476 g/mol. The van der Waals surface area contributed by atoms with Gasteiger partial charge in [0.15, 0.2) is 0 Å². The molecule has 2 fully saturated rings. The van der Waals surface area contributed by atoms with Crippen LogP contribution in [0.5, 0.6) is 0 Å². The van der Waals surface area contributed by atoms with Crippen molar-refractivity contribution in [1.29, 1.82) is 5.26 Å². The molecule has 1 aliphatic carbocycles. The first-order valence-corrected chi connectivity index (χ1v) is 12.3. The molecule has 2 aliphatic heterocycles. The van der Waals surface area contributed by atoms with Crippen molar-refractivity contribution in [2.24, 2.45) is 5.92 Å². The molecule has 0 unspecified atom stereocenters. The molecule has 0 N–H and O–H groups in total. The highest BCUT2D eigenvalue weighted by Crippen LogP contribution is 2.56. The normalized spacial score (nSPS) is 22.5. The molecule has 2 aromatic heterocycles. The zero-order chi connectivity index (χ0) is 25.0. The fraction of sp³-hybridized carbons (Fsp3) is 0.577. The summed E-state index contributed by atoms with van der Waals surface area (Å²) in [6, 6.07) is 5.79. The van der Waals surface area contributed by atoms with Crippen LogP contribution >= 0.6 is 0 Å². The lowest BCUT2D eigenvalue weighted by Crippen LogP contribution is -2.44. The van der Waals surface area contributed by atoms with Gasteiger partial charge in [0.1, 0.15) is 29.4 Å². The molecule has 2 aromatic rings. The lowest BCUT2D eigenvalue weighted by molar-refractivity contribution is 0.0208. The predicted octanol–water partition coefficient (Wildman–Crippen LogP) is 4.01. The monoisotopic (exact) mass is 475 g/mol. The van der Waals surface area contributed by atoms with Crippen LogP contribution in [0, 0.1) is 17.2 Å². The van der Waals surface area contributed by atoms with E-state index in [1.54, 1.807) is 23.5 Å². The average Bonchev–Trinajstić information content (AvgIpc) is 3.36. The predicted molar refractivity (Wildman–Crippen MR) is 133 cm³/mol. The summed E-state index contributed by atoms with van der Waals surface area (Å²) >= 11 is 0. The third-order valence-electron chi connectivity index (χ3n) is 7.57. The summed E-state index contributed by atoms with van der Waals surface area (Å²) in [5, 5.41) is 9.38. The van der Waals surface area contributed by atoms with Crippen molar-refractivity contribution < 1.29 is 9.53 Å². The number of hydrogen-bond donors (Lipinski definition) is 0. The van der Waals surface area contributed by atoms with Gasteiger partial charge in [0.2, 0.25) is 0 Å². The standard InChI is InChI=1S/C26H33N7O2/c1-17-13-32(14-19(17)31(5)24(34)35-25(2,3)4)22-21-23(30-16-29-22)33(15-26(21)8-6-9-26)20-11-18(12-27)7-10-28-20/h7,10-11,16-17,19H,6,8-9,13-15H2,1-5H3/t17-,19-/m1/s1. The number of carbonyl (C=O) groups is 1. The molecule has 3 aliphatic rings. The Kier molecular flexibility index (Phi) is 5.58. The molecule has 1 saturated heterocycles. The number of nitriles is 1. The number of anilines is 3. The SMILES string of the molecule is C[C@@H]1CN(c2ncnc3c2C2(CCC2)CN3c2cc(C#N)ccn2)C[C@H]1N(C)C(=O)OC(C)(C)C. The van der Waals surface area contributed by atoms with Gasteiger partial charge in [0.25, 0.3) is 0 Å². The summed E-state index contributed by atoms with van der Waals surface area (Å²) in [4.78, 5) is 33.0. The van der Waals surface area contributed by atoms with E-state index in [9.17, 15) is 10.1 Å². The van der Waals surface area contributed by atoms with Gasteiger partial charge in [0, 0.05) is 43.9 Å². The molecule has 1 spiro atoms. The van der Waals surface area contributed by atoms with Crippen LogP contribution in [0.4, 0.5) is 22.2 Å². The first-order valence-electron chi connectivity index (χ1n) is 12.3. The second-order valence-corrected chi connectivity index (χ2v) is 11.2. The van der Waals surface area contributed by atoms with E-state index >= 15 is 0 Å².